The van der Waals surface area contributed by atoms with Gasteiger partial charge in [0.1, 0.15) is 0 Å². The van der Waals surface area contributed by atoms with Gasteiger partial charge in [-0.2, -0.15) is 5.10 Å². The van der Waals surface area contributed by atoms with Crippen molar-refractivity contribution in [2.24, 2.45) is 5.92 Å². The van der Waals surface area contributed by atoms with Gasteiger partial charge >= 0.3 is 6.09 Å². The zero-order valence-electron chi connectivity index (χ0n) is 19.4. The van der Waals surface area contributed by atoms with Crippen molar-refractivity contribution in [3.63, 3.8) is 0 Å². The number of nitrogens with one attached hydrogen (secondary N) is 1. The van der Waals surface area contributed by atoms with Crippen molar-refractivity contribution in [3.05, 3.63) is 53.9 Å². The highest BCUT2D eigenvalue weighted by molar-refractivity contribution is 5.68. The Morgan fingerprint density at radius 3 is 2.59 bits per heavy atom. The molecule has 2 atom stereocenters. The highest BCUT2D eigenvalue weighted by Crippen LogP contribution is 2.36. The van der Waals surface area contributed by atoms with E-state index in [9.17, 15) is 4.79 Å². The number of likely N-dealkylation sites (tertiary alicyclic amines) is 1. The number of carbonyl (C=O) groups excluding carboxylic acids is 1. The van der Waals surface area contributed by atoms with E-state index < -0.39 is 0 Å². The summed E-state index contributed by atoms with van der Waals surface area (Å²) in [6.45, 7) is 5.81. The minimum atomic E-state index is -0.222. The second kappa shape index (κ2) is 11.0. The van der Waals surface area contributed by atoms with E-state index in [0.717, 1.165) is 44.2 Å². The van der Waals surface area contributed by atoms with E-state index in [2.05, 4.69) is 54.4 Å². The van der Waals surface area contributed by atoms with Crippen LogP contribution in [0.15, 0.2) is 42.6 Å². The second-order valence-electron chi connectivity index (χ2n) is 9.70. The van der Waals surface area contributed by atoms with Gasteiger partial charge in [-0.3, -0.25) is 5.10 Å². The van der Waals surface area contributed by atoms with Crippen LogP contribution < -0.4 is 0 Å². The summed E-state index contributed by atoms with van der Waals surface area (Å²) in [6.07, 6.45) is 8.29. The number of piperidine rings is 1. The van der Waals surface area contributed by atoms with Gasteiger partial charge in [0, 0.05) is 18.7 Å². The molecule has 0 radical (unpaired) electrons. The van der Waals surface area contributed by atoms with Crippen LogP contribution in [0.4, 0.5) is 4.79 Å². The Balaban J connectivity index is 1.38. The van der Waals surface area contributed by atoms with Crippen molar-refractivity contribution >= 4 is 6.09 Å². The lowest BCUT2D eigenvalue weighted by atomic mass is 9.82. The Hall–Kier alpha value is -2.34. The summed E-state index contributed by atoms with van der Waals surface area (Å²) in [5.41, 5.74) is 2.45. The number of nitrogens with zero attached hydrogens (tertiary/aromatic N) is 2. The van der Waals surface area contributed by atoms with Crippen LogP contribution in [0.5, 0.6) is 0 Å². The van der Waals surface area contributed by atoms with Crippen LogP contribution in [0.25, 0.3) is 0 Å². The molecule has 1 saturated heterocycles. The van der Waals surface area contributed by atoms with Gasteiger partial charge in [0.2, 0.25) is 0 Å². The molecule has 6 nitrogen and oxygen atoms in total. The number of ether oxygens (including phenoxy) is 2. The van der Waals surface area contributed by atoms with Crippen molar-refractivity contribution in [3.8, 4) is 0 Å². The third kappa shape index (κ3) is 5.71. The Kier molecular flexibility index (Phi) is 7.85. The van der Waals surface area contributed by atoms with Gasteiger partial charge < -0.3 is 14.4 Å². The fourth-order valence-corrected chi connectivity index (χ4v) is 5.16. The Morgan fingerprint density at radius 2 is 1.91 bits per heavy atom. The molecule has 1 N–H and O–H groups in total. The second-order valence-corrected chi connectivity index (χ2v) is 9.70. The van der Waals surface area contributed by atoms with E-state index in [4.69, 9.17) is 9.47 Å². The molecular formula is C26H37N3O3. The normalized spacial score (nSPS) is 26.3. The maximum Gasteiger partial charge on any atom is 0.410 e. The summed E-state index contributed by atoms with van der Waals surface area (Å²) >= 11 is 0. The molecule has 1 aromatic carbocycles. The predicted octanol–water partition coefficient (Wildman–Crippen LogP) is 5.49. The van der Waals surface area contributed by atoms with E-state index >= 15 is 0 Å². The van der Waals surface area contributed by atoms with Crippen molar-refractivity contribution in [1.82, 2.24) is 15.1 Å². The lowest BCUT2D eigenvalue weighted by molar-refractivity contribution is -0.0271. The van der Waals surface area contributed by atoms with Gasteiger partial charge in [0.05, 0.1) is 31.1 Å². The first-order valence-corrected chi connectivity index (χ1v) is 12.2. The first-order valence-electron chi connectivity index (χ1n) is 12.2. The van der Waals surface area contributed by atoms with Crippen LogP contribution in [0.1, 0.15) is 75.5 Å². The SMILES string of the molecule is CC(C)COC(=O)N1CCC[C@H](c2cc[nH]n2)[C@@H]1CO[C@H]1CC[C@@H](c2ccccc2)CC1. The van der Waals surface area contributed by atoms with E-state index in [0.29, 0.717) is 31.6 Å². The molecule has 2 heterocycles. The molecule has 174 valence electrons. The Labute approximate surface area is 191 Å². The van der Waals surface area contributed by atoms with Crippen molar-refractivity contribution in [2.75, 3.05) is 19.8 Å². The van der Waals surface area contributed by atoms with E-state index in [1.807, 2.05) is 17.2 Å². The molecule has 0 unspecified atom stereocenters. The third-order valence-corrected chi connectivity index (χ3v) is 6.90. The monoisotopic (exact) mass is 439 g/mol. The van der Waals surface area contributed by atoms with Crippen LogP contribution in [-0.2, 0) is 9.47 Å². The molecule has 6 heteroatoms. The minimum Gasteiger partial charge on any atom is -0.449 e. The zero-order valence-corrected chi connectivity index (χ0v) is 19.4. The van der Waals surface area contributed by atoms with Crippen LogP contribution >= 0.6 is 0 Å². The standard InChI is InChI=1S/C26H37N3O3/c1-19(2)17-32-26(30)29-16-6-9-23(24-14-15-27-28-24)25(29)18-31-22-12-10-21(11-13-22)20-7-4-3-5-8-20/h3-5,7-8,14-15,19,21-23,25H,6,9-13,16-18H2,1-2H3,(H,27,28)/t21-,22+,23-,25+/m1/s1. The molecule has 2 fully saturated rings. The van der Waals surface area contributed by atoms with Gasteiger partial charge in [0.25, 0.3) is 0 Å². The molecule has 32 heavy (non-hydrogen) atoms. The van der Waals surface area contributed by atoms with Crippen molar-refractivity contribution < 1.29 is 14.3 Å². The summed E-state index contributed by atoms with van der Waals surface area (Å²) < 4.78 is 12.1. The third-order valence-electron chi connectivity index (χ3n) is 6.90. The molecule has 1 aromatic heterocycles. The van der Waals surface area contributed by atoms with Gasteiger partial charge in [-0.05, 0) is 62.0 Å². The smallest absolute Gasteiger partial charge is 0.410 e. The zero-order chi connectivity index (χ0) is 22.3. The largest absolute Gasteiger partial charge is 0.449 e. The highest BCUT2D eigenvalue weighted by Gasteiger charge is 2.38. The molecule has 1 aliphatic carbocycles. The lowest BCUT2D eigenvalue weighted by Gasteiger charge is -2.41. The maximum atomic E-state index is 12.9. The average Bonchev–Trinajstić information content (AvgIpc) is 3.37. The fourth-order valence-electron chi connectivity index (χ4n) is 5.16. The Bertz CT molecular complexity index is 816. The first-order chi connectivity index (χ1) is 15.6. The lowest BCUT2D eigenvalue weighted by Crippen LogP contribution is -2.50. The minimum absolute atomic E-state index is 0.0430. The molecule has 1 saturated carbocycles. The predicted molar refractivity (Wildman–Crippen MR) is 125 cm³/mol. The molecule has 2 aliphatic rings. The van der Waals surface area contributed by atoms with Crippen LogP contribution in [0.2, 0.25) is 0 Å². The van der Waals surface area contributed by atoms with Gasteiger partial charge in [-0.15, -0.1) is 0 Å². The molecule has 0 spiro atoms. The molecular weight excluding hydrogens is 402 g/mol. The number of aromatic amines is 1. The topological polar surface area (TPSA) is 67.5 Å². The van der Waals surface area contributed by atoms with E-state index in [-0.39, 0.29) is 24.2 Å². The molecule has 0 bridgehead atoms. The number of amides is 1. The van der Waals surface area contributed by atoms with Crippen molar-refractivity contribution in [1.29, 1.82) is 0 Å². The van der Waals surface area contributed by atoms with Gasteiger partial charge in [-0.1, -0.05) is 44.2 Å². The number of rotatable bonds is 7. The quantitative estimate of drug-likeness (QED) is 0.619. The number of aromatic nitrogens is 2. The summed E-state index contributed by atoms with van der Waals surface area (Å²) in [7, 11) is 0. The number of benzene rings is 1. The average molecular weight is 440 g/mol. The maximum absolute atomic E-state index is 12.9. The fraction of sp³-hybridized carbons (Fsp3) is 0.615. The number of carbonyl (C=O) groups is 1. The summed E-state index contributed by atoms with van der Waals surface area (Å²) in [6, 6.07) is 12.8. The first kappa shape index (κ1) is 22.8. The molecule has 1 aliphatic heterocycles. The van der Waals surface area contributed by atoms with E-state index in [1.165, 1.54) is 5.56 Å². The summed E-state index contributed by atoms with van der Waals surface area (Å²) in [5, 5.41) is 7.37. The van der Waals surface area contributed by atoms with Gasteiger partial charge in [-0.25, -0.2) is 4.79 Å². The number of hydrogen-bond acceptors (Lipinski definition) is 4. The molecule has 4 rings (SSSR count). The van der Waals surface area contributed by atoms with E-state index in [1.54, 1.807) is 0 Å². The van der Waals surface area contributed by atoms with Crippen molar-refractivity contribution in [2.45, 2.75) is 76.4 Å². The number of hydrogen-bond donors (Lipinski definition) is 1. The molecule has 1 amide bonds. The van der Waals surface area contributed by atoms with Crippen LogP contribution in [0, 0.1) is 5.92 Å². The molecule has 2 aromatic rings. The highest BCUT2D eigenvalue weighted by atomic mass is 16.6. The summed E-state index contributed by atoms with van der Waals surface area (Å²) in [5.74, 6) is 1.12. The van der Waals surface area contributed by atoms with Gasteiger partial charge in [0.15, 0.2) is 0 Å². The van der Waals surface area contributed by atoms with Crippen LogP contribution in [0.3, 0.4) is 0 Å². The summed E-state index contributed by atoms with van der Waals surface area (Å²) in [4.78, 5) is 14.8. The van der Waals surface area contributed by atoms with Crippen LogP contribution in [-0.4, -0.2) is 53.1 Å². The number of H-pyrrole nitrogens is 1. The Morgan fingerprint density at radius 1 is 1.12 bits per heavy atom.